The molecule has 1 aromatic rings. The summed E-state index contributed by atoms with van der Waals surface area (Å²) in [7, 11) is 1.24. The van der Waals surface area contributed by atoms with Crippen molar-refractivity contribution >= 4 is 50.2 Å². The van der Waals surface area contributed by atoms with Crippen LogP contribution in [-0.2, 0) is 9.53 Å². The molecular weight excluding hydrogens is 365 g/mol. The predicted octanol–water partition coefficient (Wildman–Crippen LogP) is 2.51. The van der Waals surface area contributed by atoms with E-state index in [0.29, 0.717) is 14.5 Å². The van der Waals surface area contributed by atoms with Gasteiger partial charge in [-0.05, 0) is 28.1 Å². The van der Waals surface area contributed by atoms with E-state index in [2.05, 4.69) is 36.6 Å². The van der Waals surface area contributed by atoms with E-state index in [9.17, 15) is 9.90 Å². The van der Waals surface area contributed by atoms with Crippen LogP contribution in [0.2, 0.25) is 0 Å². The van der Waals surface area contributed by atoms with E-state index in [4.69, 9.17) is 5.73 Å². The maximum absolute atomic E-state index is 11.2. The third-order valence-electron chi connectivity index (χ3n) is 1.88. The number of hydrogen-bond donors (Lipinski definition) is 2. The summed E-state index contributed by atoms with van der Waals surface area (Å²) in [5.41, 5.74) is 5.94. The molecule has 0 aliphatic carbocycles. The molecule has 0 heterocycles. The maximum Gasteiger partial charge on any atom is 0.327 e. The molecule has 0 aliphatic heterocycles. The van der Waals surface area contributed by atoms with Gasteiger partial charge in [-0.1, -0.05) is 15.9 Å². The fraction of sp³-hybridized carbons (Fsp3) is 0.222. The van der Waals surface area contributed by atoms with Gasteiger partial charge in [0.25, 0.3) is 0 Å². The van der Waals surface area contributed by atoms with E-state index in [1.807, 2.05) is 0 Å². The molecule has 0 radical (unpaired) electrons. The zero-order valence-corrected chi connectivity index (χ0v) is 12.2. The third-order valence-corrected chi connectivity index (χ3v) is 3.21. The number of carbonyl (C=O) groups excluding carboxylic acids is 1. The zero-order chi connectivity index (χ0) is 11.6. The molecule has 0 bridgehead atoms. The SMILES string of the molecule is COC(=O)[C@@H](N)c1c(Br)ccc(Br)c1O.Cl. The van der Waals surface area contributed by atoms with Gasteiger partial charge in [-0.25, -0.2) is 0 Å². The number of esters is 1. The molecule has 3 N–H and O–H groups in total. The average Bonchev–Trinajstić information content (AvgIpc) is 2.22. The first-order valence-electron chi connectivity index (χ1n) is 3.99. The third kappa shape index (κ3) is 3.10. The molecule has 1 rings (SSSR count). The normalized spacial score (nSPS) is 11.5. The van der Waals surface area contributed by atoms with Crippen molar-refractivity contribution in [2.24, 2.45) is 5.73 Å². The quantitative estimate of drug-likeness (QED) is 0.779. The van der Waals surface area contributed by atoms with Gasteiger partial charge in [0.05, 0.1) is 11.6 Å². The summed E-state index contributed by atoms with van der Waals surface area (Å²) in [4.78, 5) is 11.2. The molecule has 7 heteroatoms. The Kier molecular flexibility index (Phi) is 6.32. The van der Waals surface area contributed by atoms with Crippen molar-refractivity contribution in [1.29, 1.82) is 0 Å². The van der Waals surface area contributed by atoms with E-state index >= 15 is 0 Å². The van der Waals surface area contributed by atoms with Gasteiger partial charge in [-0.15, -0.1) is 12.4 Å². The van der Waals surface area contributed by atoms with Gasteiger partial charge in [0.1, 0.15) is 11.8 Å². The van der Waals surface area contributed by atoms with Crippen LogP contribution in [0.3, 0.4) is 0 Å². The molecule has 0 saturated carbocycles. The van der Waals surface area contributed by atoms with Crippen molar-refractivity contribution in [3.8, 4) is 5.75 Å². The monoisotopic (exact) mass is 373 g/mol. The van der Waals surface area contributed by atoms with Gasteiger partial charge >= 0.3 is 5.97 Å². The number of carbonyl (C=O) groups is 1. The van der Waals surface area contributed by atoms with Gasteiger partial charge in [0.2, 0.25) is 0 Å². The van der Waals surface area contributed by atoms with Crippen molar-refractivity contribution in [3.63, 3.8) is 0 Å². The second kappa shape index (κ2) is 6.44. The predicted molar refractivity (Wildman–Crippen MR) is 69.7 cm³/mol. The highest BCUT2D eigenvalue weighted by molar-refractivity contribution is 9.11. The highest BCUT2D eigenvalue weighted by atomic mass is 79.9. The summed E-state index contributed by atoms with van der Waals surface area (Å²) >= 11 is 6.35. The number of aromatic hydroxyl groups is 1. The molecule has 16 heavy (non-hydrogen) atoms. The maximum atomic E-state index is 11.2. The Morgan fingerprint density at radius 1 is 1.44 bits per heavy atom. The molecule has 1 aromatic carbocycles. The standard InChI is InChI=1S/C9H9Br2NO3.ClH/c1-15-9(14)7(12)6-4(10)2-3-5(11)8(6)13;/h2-3,7,13H,12H2,1H3;1H/t7-;/m0./s1. The number of rotatable bonds is 2. The van der Waals surface area contributed by atoms with Crippen LogP contribution in [0.5, 0.6) is 5.75 Å². The smallest absolute Gasteiger partial charge is 0.327 e. The second-order valence-electron chi connectivity index (χ2n) is 2.79. The number of halogens is 3. The van der Waals surface area contributed by atoms with Crippen LogP contribution in [0, 0.1) is 0 Å². The van der Waals surface area contributed by atoms with E-state index in [-0.39, 0.29) is 18.2 Å². The van der Waals surface area contributed by atoms with Crippen LogP contribution in [0.15, 0.2) is 21.1 Å². The Labute approximate surface area is 116 Å². The number of methoxy groups -OCH3 is 1. The number of benzene rings is 1. The van der Waals surface area contributed by atoms with Gasteiger partial charge in [-0.3, -0.25) is 4.79 Å². The first-order chi connectivity index (χ1) is 6.99. The average molecular weight is 375 g/mol. The van der Waals surface area contributed by atoms with E-state index < -0.39 is 12.0 Å². The molecule has 0 saturated heterocycles. The molecule has 0 spiro atoms. The van der Waals surface area contributed by atoms with Crippen LogP contribution >= 0.6 is 44.3 Å². The molecule has 0 unspecified atom stereocenters. The molecule has 90 valence electrons. The fourth-order valence-electron chi connectivity index (χ4n) is 1.10. The lowest BCUT2D eigenvalue weighted by atomic mass is 10.1. The van der Waals surface area contributed by atoms with Crippen molar-refractivity contribution in [3.05, 3.63) is 26.6 Å². The molecule has 0 fully saturated rings. The molecule has 0 aromatic heterocycles. The van der Waals surface area contributed by atoms with Crippen LogP contribution in [0.1, 0.15) is 11.6 Å². The Balaban J connectivity index is 0.00000225. The number of phenols is 1. The Morgan fingerprint density at radius 3 is 2.44 bits per heavy atom. The van der Waals surface area contributed by atoms with Gasteiger partial charge in [0, 0.05) is 10.0 Å². The second-order valence-corrected chi connectivity index (χ2v) is 4.50. The Bertz CT molecular complexity index is 401. The van der Waals surface area contributed by atoms with Crippen molar-refractivity contribution < 1.29 is 14.6 Å². The fourth-order valence-corrected chi connectivity index (χ4v) is 2.01. The largest absolute Gasteiger partial charge is 0.506 e. The van der Waals surface area contributed by atoms with Gasteiger partial charge in [0.15, 0.2) is 0 Å². The number of ether oxygens (including phenoxy) is 1. The summed E-state index contributed by atoms with van der Waals surface area (Å²) < 4.78 is 5.53. The Morgan fingerprint density at radius 2 is 1.94 bits per heavy atom. The number of phenolic OH excluding ortho intramolecular Hbond substituents is 1. The lowest BCUT2D eigenvalue weighted by Crippen LogP contribution is -2.23. The van der Waals surface area contributed by atoms with E-state index in [0.717, 1.165) is 0 Å². The van der Waals surface area contributed by atoms with Crippen LogP contribution in [0.4, 0.5) is 0 Å². The number of nitrogens with two attached hydrogens (primary N) is 1. The molecule has 0 aliphatic rings. The van der Waals surface area contributed by atoms with Crippen molar-refractivity contribution in [2.75, 3.05) is 7.11 Å². The summed E-state index contributed by atoms with van der Waals surface area (Å²) in [6.45, 7) is 0. The van der Waals surface area contributed by atoms with Gasteiger partial charge < -0.3 is 15.6 Å². The first kappa shape index (κ1) is 15.7. The van der Waals surface area contributed by atoms with Crippen LogP contribution < -0.4 is 5.73 Å². The molecule has 0 amide bonds. The van der Waals surface area contributed by atoms with E-state index in [1.165, 1.54) is 7.11 Å². The first-order valence-corrected chi connectivity index (χ1v) is 5.58. The molecule has 1 atom stereocenters. The lowest BCUT2D eigenvalue weighted by Gasteiger charge is -2.14. The minimum Gasteiger partial charge on any atom is -0.506 e. The van der Waals surface area contributed by atoms with Crippen LogP contribution in [-0.4, -0.2) is 18.2 Å². The van der Waals surface area contributed by atoms with Gasteiger partial charge in [-0.2, -0.15) is 0 Å². The highest BCUT2D eigenvalue weighted by Crippen LogP contribution is 2.36. The summed E-state index contributed by atoms with van der Waals surface area (Å²) in [5.74, 6) is -0.675. The van der Waals surface area contributed by atoms with Crippen LogP contribution in [0.25, 0.3) is 0 Å². The lowest BCUT2D eigenvalue weighted by molar-refractivity contribution is -0.142. The molecule has 4 nitrogen and oxygen atoms in total. The van der Waals surface area contributed by atoms with Crippen molar-refractivity contribution in [2.45, 2.75) is 6.04 Å². The minimum atomic E-state index is -1.01. The minimum absolute atomic E-state index is 0. The number of hydrogen-bond acceptors (Lipinski definition) is 4. The molecular formula is C9H10Br2ClNO3. The van der Waals surface area contributed by atoms with Crippen molar-refractivity contribution in [1.82, 2.24) is 0 Å². The summed E-state index contributed by atoms with van der Waals surface area (Å²) in [5, 5.41) is 9.73. The highest BCUT2D eigenvalue weighted by Gasteiger charge is 2.23. The summed E-state index contributed by atoms with van der Waals surface area (Å²) in [6, 6.07) is 2.32. The summed E-state index contributed by atoms with van der Waals surface area (Å²) in [6.07, 6.45) is 0. The zero-order valence-electron chi connectivity index (χ0n) is 8.24. The van der Waals surface area contributed by atoms with E-state index in [1.54, 1.807) is 12.1 Å². The topological polar surface area (TPSA) is 72.5 Å². The Hall–Kier alpha value is -0.300.